The van der Waals surface area contributed by atoms with Crippen LogP contribution in [0.25, 0.3) is 22.2 Å². The summed E-state index contributed by atoms with van der Waals surface area (Å²) in [5.74, 6) is 1.22. The Kier molecular flexibility index (Phi) is 3.46. The quantitative estimate of drug-likeness (QED) is 0.548. The largest absolute Gasteiger partial charge is 0.493 e. The van der Waals surface area contributed by atoms with Gasteiger partial charge in [0.05, 0.1) is 24.2 Å². The van der Waals surface area contributed by atoms with E-state index in [1.165, 1.54) is 6.07 Å². The number of halogens is 2. The molecule has 0 saturated heterocycles. The third-order valence-corrected chi connectivity index (χ3v) is 4.94. The normalized spacial score (nSPS) is 16.5. The molecular formula is C19H14ClFN4O. The molecule has 1 atom stereocenters. The van der Waals surface area contributed by atoms with E-state index in [4.69, 9.17) is 16.3 Å². The second kappa shape index (κ2) is 5.85. The van der Waals surface area contributed by atoms with Gasteiger partial charge in [-0.25, -0.2) is 9.37 Å². The lowest BCUT2D eigenvalue weighted by Crippen LogP contribution is -2.20. The molecular weight excluding hydrogens is 355 g/mol. The molecule has 7 heteroatoms. The standard InChI is InChI=1S/C19H14ClFN4O/c20-14-1-2-17-11(4-14)3-12(9-26-17)19-24-16-6-10(13-7-22-23-8-13)5-15(21)18(16)25-19/h1-2,4-8,12H,3,9H2,(H,22,23)(H,24,25). The lowest BCUT2D eigenvalue weighted by atomic mass is 9.96. The molecule has 2 aromatic carbocycles. The van der Waals surface area contributed by atoms with Crippen LogP contribution in [0.1, 0.15) is 17.3 Å². The first-order chi connectivity index (χ1) is 12.7. The molecule has 5 rings (SSSR count). The number of imidazole rings is 1. The Hall–Kier alpha value is -2.86. The van der Waals surface area contributed by atoms with Gasteiger partial charge in [0.2, 0.25) is 0 Å². The molecule has 0 fully saturated rings. The SMILES string of the molecule is Fc1cc(-c2cn[nH]c2)cc2[nH]c(C3COc4ccc(Cl)cc4C3)nc12. The third-order valence-electron chi connectivity index (χ3n) is 4.71. The molecule has 2 N–H and O–H groups in total. The van der Waals surface area contributed by atoms with Crippen LogP contribution < -0.4 is 4.74 Å². The van der Waals surface area contributed by atoms with Gasteiger partial charge >= 0.3 is 0 Å². The lowest BCUT2D eigenvalue weighted by Gasteiger charge is -2.24. The highest BCUT2D eigenvalue weighted by Gasteiger charge is 2.25. The van der Waals surface area contributed by atoms with Crippen molar-refractivity contribution in [2.45, 2.75) is 12.3 Å². The zero-order valence-electron chi connectivity index (χ0n) is 13.6. The molecule has 0 amide bonds. The molecule has 5 nitrogen and oxygen atoms in total. The zero-order chi connectivity index (χ0) is 17.7. The minimum Gasteiger partial charge on any atom is -0.493 e. The first-order valence-corrected chi connectivity index (χ1v) is 8.65. The number of hydrogen-bond donors (Lipinski definition) is 2. The highest BCUT2D eigenvalue weighted by Crippen LogP contribution is 2.34. The van der Waals surface area contributed by atoms with Crippen molar-refractivity contribution in [1.82, 2.24) is 20.2 Å². The van der Waals surface area contributed by atoms with Gasteiger partial charge in [-0.15, -0.1) is 0 Å². The average molecular weight is 369 g/mol. The highest BCUT2D eigenvalue weighted by molar-refractivity contribution is 6.30. The Balaban J connectivity index is 1.53. The van der Waals surface area contributed by atoms with Gasteiger partial charge in [-0.1, -0.05) is 11.6 Å². The highest BCUT2D eigenvalue weighted by atomic mass is 35.5. The van der Waals surface area contributed by atoms with Crippen molar-refractivity contribution in [1.29, 1.82) is 0 Å². The summed E-state index contributed by atoms with van der Waals surface area (Å²) < 4.78 is 20.4. The van der Waals surface area contributed by atoms with E-state index >= 15 is 0 Å². The Morgan fingerprint density at radius 3 is 2.96 bits per heavy atom. The van der Waals surface area contributed by atoms with Crippen molar-refractivity contribution in [2.75, 3.05) is 6.61 Å². The fourth-order valence-corrected chi connectivity index (χ4v) is 3.60. The van der Waals surface area contributed by atoms with Crippen molar-refractivity contribution < 1.29 is 9.13 Å². The van der Waals surface area contributed by atoms with E-state index in [-0.39, 0.29) is 11.7 Å². The van der Waals surface area contributed by atoms with E-state index in [2.05, 4.69) is 20.2 Å². The van der Waals surface area contributed by atoms with Crippen LogP contribution in [-0.2, 0) is 6.42 Å². The molecule has 0 bridgehead atoms. The number of rotatable bonds is 2. The Bertz CT molecular complexity index is 1110. The molecule has 1 aliphatic heterocycles. The predicted molar refractivity (Wildman–Crippen MR) is 97.0 cm³/mol. The fourth-order valence-electron chi connectivity index (χ4n) is 3.40. The number of H-pyrrole nitrogens is 2. The van der Waals surface area contributed by atoms with Gasteiger partial charge in [-0.05, 0) is 47.9 Å². The summed E-state index contributed by atoms with van der Waals surface area (Å²) in [5.41, 5.74) is 3.61. The Labute approximate surface area is 153 Å². The van der Waals surface area contributed by atoms with E-state index in [1.807, 2.05) is 24.3 Å². The summed E-state index contributed by atoms with van der Waals surface area (Å²) in [6.45, 7) is 0.491. The van der Waals surface area contributed by atoms with Crippen LogP contribution in [0.5, 0.6) is 5.75 Å². The van der Waals surface area contributed by atoms with Crippen LogP contribution in [0.3, 0.4) is 0 Å². The van der Waals surface area contributed by atoms with Gasteiger partial charge in [0.1, 0.15) is 17.1 Å². The molecule has 130 valence electrons. The first kappa shape index (κ1) is 15.4. The number of nitrogens with zero attached hydrogens (tertiary/aromatic N) is 2. The monoisotopic (exact) mass is 368 g/mol. The van der Waals surface area contributed by atoms with E-state index in [0.29, 0.717) is 28.5 Å². The number of benzene rings is 2. The smallest absolute Gasteiger partial charge is 0.151 e. The van der Waals surface area contributed by atoms with Gasteiger partial charge in [0, 0.05) is 16.8 Å². The molecule has 2 aromatic heterocycles. The summed E-state index contributed by atoms with van der Waals surface area (Å²) in [7, 11) is 0. The second-order valence-electron chi connectivity index (χ2n) is 6.43. The molecule has 0 aliphatic carbocycles. The summed E-state index contributed by atoms with van der Waals surface area (Å²) in [4.78, 5) is 7.75. The van der Waals surface area contributed by atoms with E-state index < -0.39 is 0 Å². The van der Waals surface area contributed by atoms with E-state index in [9.17, 15) is 4.39 Å². The number of aromatic nitrogens is 4. The van der Waals surface area contributed by atoms with Crippen LogP contribution in [0.4, 0.5) is 4.39 Å². The molecule has 26 heavy (non-hydrogen) atoms. The third kappa shape index (κ3) is 2.54. The summed E-state index contributed by atoms with van der Waals surface area (Å²) in [5, 5.41) is 7.33. The maximum atomic E-state index is 14.5. The topological polar surface area (TPSA) is 66.6 Å². The lowest BCUT2D eigenvalue weighted by molar-refractivity contribution is 0.258. The van der Waals surface area contributed by atoms with Crippen LogP contribution in [0.15, 0.2) is 42.7 Å². The van der Waals surface area contributed by atoms with Crippen LogP contribution in [0, 0.1) is 5.82 Å². The number of aromatic amines is 2. The average Bonchev–Trinajstić information content (AvgIpc) is 3.31. The molecule has 3 heterocycles. The van der Waals surface area contributed by atoms with Crippen LogP contribution in [-0.4, -0.2) is 26.8 Å². The summed E-state index contributed by atoms with van der Waals surface area (Å²) in [6, 6.07) is 8.96. The number of fused-ring (bicyclic) bond motifs is 2. The van der Waals surface area contributed by atoms with Gasteiger partial charge in [0.25, 0.3) is 0 Å². The van der Waals surface area contributed by atoms with Gasteiger partial charge in [-0.2, -0.15) is 5.10 Å². The number of nitrogens with one attached hydrogen (secondary N) is 2. The zero-order valence-corrected chi connectivity index (χ0v) is 14.3. The summed E-state index contributed by atoms with van der Waals surface area (Å²) in [6.07, 6.45) is 4.13. The summed E-state index contributed by atoms with van der Waals surface area (Å²) >= 11 is 6.09. The van der Waals surface area contributed by atoms with Crippen molar-refractivity contribution >= 4 is 22.6 Å². The fraction of sp³-hybridized carbons (Fsp3) is 0.158. The van der Waals surface area contributed by atoms with Crippen molar-refractivity contribution in [3.63, 3.8) is 0 Å². The molecule has 0 radical (unpaired) electrons. The maximum absolute atomic E-state index is 14.5. The molecule has 1 unspecified atom stereocenters. The maximum Gasteiger partial charge on any atom is 0.151 e. The van der Waals surface area contributed by atoms with Crippen LogP contribution in [0.2, 0.25) is 5.02 Å². The van der Waals surface area contributed by atoms with Gasteiger partial charge < -0.3 is 9.72 Å². The number of hydrogen-bond acceptors (Lipinski definition) is 3. The molecule has 0 saturated carbocycles. The second-order valence-corrected chi connectivity index (χ2v) is 6.86. The van der Waals surface area contributed by atoms with E-state index in [0.717, 1.165) is 28.9 Å². The Morgan fingerprint density at radius 2 is 2.12 bits per heavy atom. The van der Waals surface area contributed by atoms with Gasteiger partial charge in [0.15, 0.2) is 5.82 Å². The predicted octanol–water partition coefficient (Wildman–Crippen LogP) is 4.46. The Morgan fingerprint density at radius 1 is 1.19 bits per heavy atom. The van der Waals surface area contributed by atoms with E-state index in [1.54, 1.807) is 12.4 Å². The van der Waals surface area contributed by atoms with Crippen molar-refractivity contribution in [2.24, 2.45) is 0 Å². The first-order valence-electron chi connectivity index (χ1n) is 8.27. The number of ether oxygens (including phenoxy) is 1. The molecule has 0 spiro atoms. The van der Waals surface area contributed by atoms with Crippen molar-refractivity contribution in [3.05, 3.63) is 65.0 Å². The minimum absolute atomic E-state index is 0.0186. The van der Waals surface area contributed by atoms with Gasteiger partial charge in [-0.3, -0.25) is 5.10 Å². The minimum atomic E-state index is -0.360. The van der Waals surface area contributed by atoms with Crippen molar-refractivity contribution in [3.8, 4) is 16.9 Å². The molecule has 4 aromatic rings. The van der Waals surface area contributed by atoms with Crippen LogP contribution >= 0.6 is 11.6 Å². The molecule has 1 aliphatic rings.